The van der Waals surface area contributed by atoms with Gasteiger partial charge in [0.05, 0.1) is 26.3 Å². The van der Waals surface area contributed by atoms with Gasteiger partial charge in [0, 0.05) is 16.3 Å². The highest BCUT2D eigenvalue weighted by Gasteiger charge is 2.24. The zero-order valence-corrected chi connectivity index (χ0v) is 17.1. The van der Waals surface area contributed by atoms with Crippen molar-refractivity contribution in [3.63, 3.8) is 0 Å². The Hall–Kier alpha value is -2.91. The first-order valence-corrected chi connectivity index (χ1v) is 10.1. The maximum atomic E-state index is 12.6. The van der Waals surface area contributed by atoms with Crippen molar-refractivity contribution < 1.29 is 23.8 Å². The van der Waals surface area contributed by atoms with Gasteiger partial charge in [-0.1, -0.05) is 6.07 Å². The van der Waals surface area contributed by atoms with Gasteiger partial charge in [-0.15, -0.1) is 22.7 Å². The van der Waals surface area contributed by atoms with Crippen LogP contribution in [0.5, 0.6) is 11.5 Å². The van der Waals surface area contributed by atoms with Gasteiger partial charge in [-0.3, -0.25) is 4.79 Å². The van der Waals surface area contributed by atoms with Gasteiger partial charge in [-0.25, -0.2) is 9.78 Å². The molecule has 9 heteroatoms. The Morgan fingerprint density at radius 2 is 1.93 bits per heavy atom. The van der Waals surface area contributed by atoms with Gasteiger partial charge >= 0.3 is 5.97 Å². The highest BCUT2D eigenvalue weighted by Crippen LogP contribution is 2.39. The van der Waals surface area contributed by atoms with Crippen molar-refractivity contribution >= 4 is 39.6 Å². The van der Waals surface area contributed by atoms with E-state index in [0.29, 0.717) is 33.3 Å². The molecule has 0 unspecified atom stereocenters. The Morgan fingerprint density at radius 3 is 2.57 bits per heavy atom. The van der Waals surface area contributed by atoms with Gasteiger partial charge in [0.1, 0.15) is 16.3 Å². The van der Waals surface area contributed by atoms with Crippen LogP contribution in [0.25, 0.3) is 11.1 Å². The molecule has 0 fully saturated rings. The summed E-state index contributed by atoms with van der Waals surface area (Å²) in [6.45, 7) is 1.95. The summed E-state index contributed by atoms with van der Waals surface area (Å²) in [4.78, 5) is 29.0. The molecule has 2 aromatic heterocycles. The normalized spacial score (nSPS) is 10.4. The zero-order valence-electron chi connectivity index (χ0n) is 15.5. The molecule has 28 heavy (non-hydrogen) atoms. The minimum Gasteiger partial charge on any atom is -0.493 e. The number of esters is 1. The zero-order chi connectivity index (χ0) is 20.1. The summed E-state index contributed by atoms with van der Waals surface area (Å²) in [7, 11) is 3.10. The summed E-state index contributed by atoms with van der Waals surface area (Å²) in [5, 5.41) is 6.60. The Bertz CT molecular complexity index is 982. The summed E-state index contributed by atoms with van der Waals surface area (Å²) in [5.41, 5.74) is 3.54. The van der Waals surface area contributed by atoms with Gasteiger partial charge in [-0.2, -0.15) is 0 Å². The molecule has 0 saturated carbocycles. The van der Waals surface area contributed by atoms with E-state index in [-0.39, 0.29) is 12.5 Å². The number of nitrogens with one attached hydrogen (secondary N) is 1. The second-order valence-electron chi connectivity index (χ2n) is 5.47. The van der Waals surface area contributed by atoms with Gasteiger partial charge in [0.15, 0.2) is 11.5 Å². The van der Waals surface area contributed by atoms with E-state index in [0.717, 1.165) is 5.56 Å². The van der Waals surface area contributed by atoms with Crippen molar-refractivity contribution in [3.8, 4) is 22.6 Å². The fourth-order valence-corrected chi connectivity index (χ4v) is 4.05. The smallest absolute Gasteiger partial charge is 0.341 e. The molecular formula is C19H18N2O5S2. The minimum absolute atomic E-state index is 0.222. The predicted octanol–water partition coefficient (Wildman–Crippen LogP) is 4.32. The van der Waals surface area contributed by atoms with Crippen molar-refractivity contribution in [2.75, 3.05) is 26.1 Å². The van der Waals surface area contributed by atoms with Crippen LogP contribution in [0.15, 0.2) is 34.5 Å². The van der Waals surface area contributed by atoms with Gasteiger partial charge < -0.3 is 19.5 Å². The topological polar surface area (TPSA) is 86.8 Å². The molecule has 0 aliphatic heterocycles. The van der Waals surface area contributed by atoms with Crippen molar-refractivity contribution in [2.45, 2.75) is 6.92 Å². The van der Waals surface area contributed by atoms with Crippen LogP contribution in [-0.2, 0) is 4.74 Å². The number of rotatable bonds is 7. The number of ether oxygens (including phenoxy) is 3. The molecule has 3 rings (SSSR count). The average Bonchev–Trinajstić information content (AvgIpc) is 3.37. The Kier molecular flexibility index (Phi) is 6.27. The molecule has 7 nitrogen and oxygen atoms in total. The maximum absolute atomic E-state index is 12.6. The molecule has 0 aliphatic rings. The first-order valence-electron chi connectivity index (χ1n) is 8.29. The van der Waals surface area contributed by atoms with E-state index < -0.39 is 5.97 Å². The second-order valence-corrected chi connectivity index (χ2v) is 7.07. The number of carbonyl (C=O) groups is 2. The number of amides is 1. The van der Waals surface area contributed by atoms with Gasteiger partial charge in [-0.05, 0) is 24.6 Å². The SMILES string of the molecule is CCOC(=O)c1c(-c2ccc(OC)c(OC)c2)csc1NC(=O)c1cscn1. The number of anilines is 1. The monoisotopic (exact) mass is 418 g/mol. The average molecular weight is 418 g/mol. The van der Waals surface area contributed by atoms with Crippen LogP contribution in [0.1, 0.15) is 27.8 Å². The highest BCUT2D eigenvalue weighted by atomic mass is 32.1. The first kappa shape index (κ1) is 19.8. The molecule has 1 N–H and O–H groups in total. The van der Waals surface area contributed by atoms with E-state index in [1.165, 1.54) is 22.7 Å². The Balaban J connectivity index is 2.03. The molecule has 1 amide bonds. The third-order valence-corrected chi connectivity index (χ3v) is 5.34. The van der Waals surface area contributed by atoms with E-state index in [2.05, 4.69) is 10.3 Å². The molecule has 1 aromatic carbocycles. The number of nitrogens with zero attached hydrogens (tertiary/aromatic N) is 1. The van der Waals surface area contributed by atoms with Crippen molar-refractivity contribution in [2.24, 2.45) is 0 Å². The van der Waals surface area contributed by atoms with Gasteiger partial charge in [0.2, 0.25) is 0 Å². The Labute approximate surface area is 169 Å². The van der Waals surface area contributed by atoms with E-state index in [4.69, 9.17) is 14.2 Å². The lowest BCUT2D eigenvalue weighted by Gasteiger charge is -2.11. The molecule has 0 saturated heterocycles. The van der Waals surface area contributed by atoms with Crippen molar-refractivity contribution in [1.29, 1.82) is 0 Å². The van der Waals surface area contributed by atoms with Crippen LogP contribution in [0.2, 0.25) is 0 Å². The number of carbonyl (C=O) groups excluding carboxylic acids is 2. The van der Waals surface area contributed by atoms with E-state index in [1.807, 2.05) is 6.07 Å². The fourth-order valence-electron chi connectivity index (χ4n) is 2.56. The number of aromatic nitrogens is 1. The first-order chi connectivity index (χ1) is 13.6. The van der Waals surface area contributed by atoms with Crippen LogP contribution in [0.4, 0.5) is 5.00 Å². The van der Waals surface area contributed by atoms with E-state index in [9.17, 15) is 9.59 Å². The minimum atomic E-state index is -0.512. The van der Waals surface area contributed by atoms with E-state index in [1.54, 1.807) is 49.5 Å². The molecule has 0 bridgehead atoms. The molecule has 146 valence electrons. The third-order valence-electron chi connectivity index (χ3n) is 3.86. The predicted molar refractivity (Wildman–Crippen MR) is 109 cm³/mol. The highest BCUT2D eigenvalue weighted by molar-refractivity contribution is 7.15. The van der Waals surface area contributed by atoms with Crippen LogP contribution in [-0.4, -0.2) is 37.7 Å². The summed E-state index contributed by atoms with van der Waals surface area (Å²) in [6, 6.07) is 5.35. The van der Waals surface area contributed by atoms with Crippen molar-refractivity contribution in [3.05, 3.63) is 45.7 Å². The van der Waals surface area contributed by atoms with Crippen LogP contribution >= 0.6 is 22.7 Å². The molecular weight excluding hydrogens is 400 g/mol. The number of thiophene rings is 1. The van der Waals surface area contributed by atoms with Crippen molar-refractivity contribution in [1.82, 2.24) is 4.98 Å². The second kappa shape index (κ2) is 8.85. The standard InChI is InChI=1S/C19H18N2O5S2/c1-4-26-19(23)16-12(11-5-6-14(24-2)15(7-11)25-3)8-28-18(16)21-17(22)13-9-27-10-20-13/h5-10H,4H2,1-3H3,(H,21,22). The lowest BCUT2D eigenvalue weighted by atomic mass is 10.0. The summed E-state index contributed by atoms with van der Waals surface area (Å²) in [6.07, 6.45) is 0. The number of methoxy groups -OCH3 is 2. The van der Waals surface area contributed by atoms with Crippen LogP contribution < -0.4 is 14.8 Å². The lowest BCUT2D eigenvalue weighted by molar-refractivity contribution is 0.0529. The molecule has 0 atom stereocenters. The van der Waals surface area contributed by atoms with Gasteiger partial charge in [0.25, 0.3) is 5.91 Å². The van der Waals surface area contributed by atoms with E-state index >= 15 is 0 Å². The fraction of sp³-hybridized carbons (Fsp3) is 0.211. The Morgan fingerprint density at radius 1 is 1.14 bits per heavy atom. The molecule has 0 spiro atoms. The summed E-state index contributed by atoms with van der Waals surface area (Å²) < 4.78 is 15.8. The largest absolute Gasteiger partial charge is 0.493 e. The van der Waals surface area contributed by atoms with Crippen LogP contribution in [0.3, 0.4) is 0 Å². The number of benzene rings is 1. The maximum Gasteiger partial charge on any atom is 0.341 e. The number of hydrogen-bond acceptors (Lipinski definition) is 8. The molecule has 2 heterocycles. The number of hydrogen-bond donors (Lipinski definition) is 1. The summed E-state index contributed by atoms with van der Waals surface area (Å²) >= 11 is 2.57. The molecule has 3 aromatic rings. The third kappa shape index (κ3) is 4.00. The lowest BCUT2D eigenvalue weighted by Crippen LogP contribution is -2.15. The molecule has 0 radical (unpaired) electrons. The quantitative estimate of drug-likeness (QED) is 0.575. The molecule has 0 aliphatic carbocycles. The van der Waals surface area contributed by atoms with Crippen LogP contribution in [0, 0.1) is 0 Å². The number of thiazole rings is 1. The summed E-state index contributed by atoms with van der Waals surface area (Å²) in [5.74, 6) is 0.222.